The summed E-state index contributed by atoms with van der Waals surface area (Å²) in [5.41, 5.74) is 2.18. The normalized spacial score (nSPS) is 12.1. The zero-order valence-electron chi connectivity index (χ0n) is 11.7. The highest BCUT2D eigenvalue weighted by atomic mass is 16.1. The highest BCUT2D eigenvalue weighted by Crippen LogP contribution is 2.16. The molecule has 20 heavy (non-hydrogen) atoms. The van der Waals surface area contributed by atoms with Crippen molar-refractivity contribution < 1.29 is 4.79 Å². The number of aromatic nitrogens is 2. The zero-order valence-corrected chi connectivity index (χ0v) is 11.7. The molecule has 1 atom stereocenters. The maximum atomic E-state index is 12.5. The van der Waals surface area contributed by atoms with E-state index in [2.05, 4.69) is 5.10 Å². The van der Waals surface area contributed by atoms with Crippen LogP contribution in [0.4, 0.5) is 0 Å². The molecular weight excluding hydrogens is 252 g/mol. The molecule has 0 aliphatic carbocycles. The Kier molecular flexibility index (Phi) is 4.45. The zero-order chi connectivity index (χ0) is 14.5. The molecule has 1 aromatic heterocycles. The van der Waals surface area contributed by atoms with E-state index in [0.29, 0.717) is 18.5 Å². The first-order valence-electron chi connectivity index (χ1n) is 6.73. The van der Waals surface area contributed by atoms with Gasteiger partial charge in [0.05, 0.1) is 12.7 Å². The van der Waals surface area contributed by atoms with Crippen molar-refractivity contribution in [1.29, 1.82) is 0 Å². The van der Waals surface area contributed by atoms with Crippen molar-refractivity contribution in [3.63, 3.8) is 0 Å². The van der Waals surface area contributed by atoms with E-state index < -0.39 is 0 Å². The van der Waals surface area contributed by atoms with Crippen LogP contribution in [0, 0.1) is 6.92 Å². The van der Waals surface area contributed by atoms with E-state index >= 15 is 0 Å². The van der Waals surface area contributed by atoms with Gasteiger partial charge in [-0.05, 0) is 24.5 Å². The van der Waals surface area contributed by atoms with Crippen LogP contribution in [0.2, 0.25) is 0 Å². The van der Waals surface area contributed by atoms with Crippen molar-refractivity contribution in [3.8, 4) is 0 Å². The number of nitrogens with zero attached hydrogens (tertiary/aromatic N) is 2. The third-order valence-corrected chi connectivity index (χ3v) is 3.43. The molecule has 104 valence electrons. The Morgan fingerprint density at radius 1 is 1.30 bits per heavy atom. The summed E-state index contributed by atoms with van der Waals surface area (Å²) in [6.07, 6.45) is 3.12. The van der Waals surface area contributed by atoms with Crippen LogP contribution in [0.1, 0.15) is 36.0 Å². The molecule has 1 unspecified atom stereocenters. The Labute approximate surface area is 118 Å². The maximum Gasteiger partial charge on any atom is 0.271 e. The first-order chi connectivity index (χ1) is 9.67. The van der Waals surface area contributed by atoms with Crippen molar-refractivity contribution in [2.45, 2.75) is 32.7 Å². The first-order valence-corrected chi connectivity index (χ1v) is 6.73. The van der Waals surface area contributed by atoms with Crippen LogP contribution in [0.5, 0.6) is 0 Å². The fourth-order valence-electron chi connectivity index (χ4n) is 2.27. The second-order valence-corrected chi connectivity index (χ2v) is 4.84. The number of rotatable bonds is 5. The summed E-state index contributed by atoms with van der Waals surface area (Å²) >= 11 is 0. The maximum absolute atomic E-state index is 12.5. The number of hydrogen-bond acceptors (Lipinski definition) is 3. The minimum Gasteiger partial charge on any atom is -0.303 e. The molecule has 1 aromatic carbocycles. The van der Waals surface area contributed by atoms with E-state index in [4.69, 9.17) is 0 Å². The van der Waals surface area contributed by atoms with Gasteiger partial charge in [-0.2, -0.15) is 5.10 Å². The van der Waals surface area contributed by atoms with Gasteiger partial charge < -0.3 is 4.79 Å². The topological polar surface area (TPSA) is 52.0 Å². The molecule has 4 nitrogen and oxygen atoms in total. The number of carbonyl (C=O) groups excluding carboxylic acids is 1. The molecule has 0 aliphatic heterocycles. The van der Waals surface area contributed by atoms with Crippen molar-refractivity contribution in [1.82, 2.24) is 9.78 Å². The summed E-state index contributed by atoms with van der Waals surface area (Å²) in [6, 6.07) is 9.68. The first kappa shape index (κ1) is 14.2. The summed E-state index contributed by atoms with van der Waals surface area (Å²) in [6.45, 7) is 4.14. The monoisotopic (exact) mass is 270 g/mol. The molecule has 0 aliphatic rings. The Hall–Kier alpha value is -2.23. The van der Waals surface area contributed by atoms with Crippen LogP contribution >= 0.6 is 0 Å². The van der Waals surface area contributed by atoms with Crippen LogP contribution in [0.3, 0.4) is 0 Å². The molecule has 0 saturated heterocycles. The second kappa shape index (κ2) is 6.28. The lowest BCUT2D eigenvalue weighted by molar-refractivity contribution is -0.109. The lowest BCUT2D eigenvalue weighted by Gasteiger charge is -2.13. The van der Waals surface area contributed by atoms with E-state index in [9.17, 15) is 9.59 Å². The van der Waals surface area contributed by atoms with E-state index in [-0.39, 0.29) is 11.5 Å². The summed E-state index contributed by atoms with van der Waals surface area (Å²) in [5, 5.41) is 4.17. The van der Waals surface area contributed by atoms with Crippen LogP contribution in [-0.2, 0) is 11.3 Å². The van der Waals surface area contributed by atoms with Crippen LogP contribution in [-0.4, -0.2) is 16.1 Å². The molecule has 0 bridgehead atoms. The molecule has 0 radical (unpaired) electrons. The fraction of sp³-hybridized carbons (Fsp3) is 0.312. The Bertz CT molecular complexity index is 647. The fourth-order valence-corrected chi connectivity index (χ4v) is 2.27. The van der Waals surface area contributed by atoms with Gasteiger partial charge in [-0.25, -0.2) is 4.68 Å². The van der Waals surface area contributed by atoms with E-state index in [1.165, 1.54) is 4.68 Å². The summed E-state index contributed by atoms with van der Waals surface area (Å²) in [5.74, 6) is -0.354. The van der Waals surface area contributed by atoms with Gasteiger partial charge in [0.15, 0.2) is 0 Å². The van der Waals surface area contributed by atoms with Gasteiger partial charge in [0, 0.05) is 11.5 Å². The van der Waals surface area contributed by atoms with Crippen LogP contribution < -0.4 is 5.56 Å². The van der Waals surface area contributed by atoms with Crippen molar-refractivity contribution in [3.05, 3.63) is 63.6 Å². The summed E-state index contributed by atoms with van der Waals surface area (Å²) < 4.78 is 1.42. The number of benzene rings is 1. The third kappa shape index (κ3) is 2.85. The number of aldehydes is 1. The predicted octanol–water partition coefficient (Wildman–Crippen LogP) is 2.29. The number of aryl methyl sites for hydroxylation is 1. The van der Waals surface area contributed by atoms with E-state index in [1.807, 2.05) is 44.2 Å². The average Bonchev–Trinajstić information content (AvgIpc) is 2.47. The van der Waals surface area contributed by atoms with Gasteiger partial charge in [-0.3, -0.25) is 4.79 Å². The van der Waals surface area contributed by atoms with Crippen molar-refractivity contribution in [2.75, 3.05) is 0 Å². The number of carbonyl (C=O) groups is 1. The summed E-state index contributed by atoms with van der Waals surface area (Å²) in [7, 11) is 0. The highest BCUT2D eigenvalue weighted by molar-refractivity contribution is 5.62. The molecule has 0 amide bonds. The molecule has 0 N–H and O–H groups in total. The Morgan fingerprint density at radius 2 is 2.00 bits per heavy atom. The van der Waals surface area contributed by atoms with Gasteiger partial charge in [0.1, 0.15) is 6.29 Å². The van der Waals surface area contributed by atoms with Gasteiger partial charge in [0.25, 0.3) is 5.56 Å². The lowest BCUT2D eigenvalue weighted by atomic mass is 9.96. The average molecular weight is 270 g/mol. The standard InChI is InChI=1S/C16H18N2O2/c1-3-14(11-19)15-12(2)9-17-18(16(15)20)10-13-7-5-4-6-8-13/h4-9,11,14H,3,10H2,1-2H3. The molecular formula is C16H18N2O2. The molecule has 0 fully saturated rings. The molecule has 0 spiro atoms. The molecule has 0 saturated carbocycles. The lowest BCUT2D eigenvalue weighted by Crippen LogP contribution is -2.29. The van der Waals surface area contributed by atoms with Gasteiger partial charge in [-0.1, -0.05) is 37.3 Å². The summed E-state index contributed by atoms with van der Waals surface area (Å²) in [4.78, 5) is 23.6. The van der Waals surface area contributed by atoms with E-state index in [1.54, 1.807) is 6.20 Å². The minimum atomic E-state index is -0.354. The molecule has 1 heterocycles. The predicted molar refractivity (Wildman–Crippen MR) is 77.9 cm³/mol. The van der Waals surface area contributed by atoms with Gasteiger partial charge >= 0.3 is 0 Å². The van der Waals surface area contributed by atoms with Gasteiger partial charge in [-0.15, -0.1) is 0 Å². The Balaban J connectivity index is 2.44. The minimum absolute atomic E-state index is 0.173. The smallest absolute Gasteiger partial charge is 0.271 e. The molecule has 4 heteroatoms. The quantitative estimate of drug-likeness (QED) is 0.783. The number of hydrogen-bond donors (Lipinski definition) is 0. The second-order valence-electron chi connectivity index (χ2n) is 4.84. The molecule has 2 aromatic rings. The largest absolute Gasteiger partial charge is 0.303 e. The van der Waals surface area contributed by atoms with Gasteiger partial charge in [0.2, 0.25) is 0 Å². The van der Waals surface area contributed by atoms with Crippen molar-refractivity contribution in [2.24, 2.45) is 0 Å². The SMILES string of the molecule is CCC(C=O)c1c(C)cnn(Cc2ccccc2)c1=O. The Morgan fingerprint density at radius 3 is 2.60 bits per heavy atom. The van der Waals surface area contributed by atoms with Crippen LogP contribution in [0.15, 0.2) is 41.3 Å². The third-order valence-electron chi connectivity index (χ3n) is 3.43. The highest BCUT2D eigenvalue weighted by Gasteiger charge is 2.17. The molecule has 2 rings (SSSR count). The van der Waals surface area contributed by atoms with Crippen LogP contribution in [0.25, 0.3) is 0 Å². The van der Waals surface area contributed by atoms with Crippen molar-refractivity contribution >= 4 is 6.29 Å². The van der Waals surface area contributed by atoms with E-state index in [0.717, 1.165) is 17.4 Å².